The van der Waals surface area contributed by atoms with Crippen molar-refractivity contribution >= 4 is 17.5 Å². The number of nitrogens with zero attached hydrogens (tertiary/aromatic N) is 2. The Hall–Kier alpha value is -0.870. The van der Waals surface area contributed by atoms with E-state index < -0.39 is 6.10 Å². The Balaban J connectivity index is 2.77. The minimum Gasteiger partial charge on any atom is -0.387 e. The van der Waals surface area contributed by atoms with Gasteiger partial charge in [0.15, 0.2) is 0 Å². The molecular formula is C7H10ClN3O. The largest absolute Gasteiger partial charge is 0.387 e. The number of alkyl halides is 1. The minimum atomic E-state index is -0.683. The summed E-state index contributed by atoms with van der Waals surface area (Å²) < 4.78 is 0. The van der Waals surface area contributed by atoms with Gasteiger partial charge in [-0.05, 0) is 0 Å². The van der Waals surface area contributed by atoms with Gasteiger partial charge in [-0.2, -0.15) is 0 Å². The first-order valence-corrected chi connectivity index (χ1v) is 4.05. The van der Waals surface area contributed by atoms with Gasteiger partial charge in [-0.25, -0.2) is 9.97 Å². The maximum Gasteiger partial charge on any atom is 0.222 e. The van der Waals surface area contributed by atoms with Gasteiger partial charge in [0.1, 0.15) is 0 Å². The van der Waals surface area contributed by atoms with Crippen LogP contribution in [0.2, 0.25) is 0 Å². The number of halogens is 1. The topological polar surface area (TPSA) is 58.0 Å². The van der Waals surface area contributed by atoms with Crippen molar-refractivity contribution in [3.05, 3.63) is 18.0 Å². The summed E-state index contributed by atoms with van der Waals surface area (Å²) in [7, 11) is 1.73. The van der Waals surface area contributed by atoms with E-state index in [2.05, 4.69) is 15.3 Å². The van der Waals surface area contributed by atoms with Crippen LogP contribution in [0.3, 0.4) is 0 Å². The molecule has 0 aliphatic heterocycles. The molecule has 0 saturated carbocycles. The fourth-order valence-electron chi connectivity index (χ4n) is 0.728. The Bertz CT molecular complexity index is 239. The molecule has 4 nitrogen and oxygen atoms in total. The van der Waals surface area contributed by atoms with Crippen molar-refractivity contribution in [2.45, 2.75) is 6.10 Å². The fourth-order valence-corrected chi connectivity index (χ4v) is 0.906. The van der Waals surface area contributed by atoms with Crippen LogP contribution in [0.15, 0.2) is 12.4 Å². The van der Waals surface area contributed by atoms with Crippen LogP contribution in [0.25, 0.3) is 0 Å². The second kappa shape index (κ2) is 4.23. The first kappa shape index (κ1) is 9.22. The van der Waals surface area contributed by atoms with Gasteiger partial charge in [0, 0.05) is 25.0 Å². The van der Waals surface area contributed by atoms with Crippen LogP contribution in [0, 0.1) is 0 Å². The van der Waals surface area contributed by atoms with Crippen LogP contribution in [0.1, 0.15) is 11.7 Å². The molecule has 1 rings (SSSR count). The molecule has 0 fully saturated rings. The van der Waals surface area contributed by atoms with E-state index in [4.69, 9.17) is 11.6 Å². The molecule has 1 aromatic heterocycles. The van der Waals surface area contributed by atoms with Crippen molar-refractivity contribution in [2.24, 2.45) is 0 Å². The van der Waals surface area contributed by atoms with Gasteiger partial charge in [-0.15, -0.1) is 11.6 Å². The molecule has 1 heterocycles. The minimum absolute atomic E-state index is 0.155. The first-order chi connectivity index (χ1) is 5.77. The summed E-state index contributed by atoms with van der Waals surface area (Å²) in [5, 5.41) is 12.0. The van der Waals surface area contributed by atoms with E-state index in [1.807, 2.05) is 0 Å². The lowest BCUT2D eigenvalue weighted by atomic mass is 10.2. The zero-order valence-corrected chi connectivity index (χ0v) is 7.41. The highest BCUT2D eigenvalue weighted by Crippen LogP contribution is 2.12. The third-order valence-corrected chi connectivity index (χ3v) is 1.72. The van der Waals surface area contributed by atoms with Crippen molar-refractivity contribution in [1.82, 2.24) is 9.97 Å². The smallest absolute Gasteiger partial charge is 0.222 e. The Morgan fingerprint density at radius 2 is 2.17 bits per heavy atom. The average molecular weight is 188 g/mol. The Morgan fingerprint density at radius 1 is 1.58 bits per heavy atom. The van der Waals surface area contributed by atoms with Crippen molar-refractivity contribution < 1.29 is 5.11 Å². The van der Waals surface area contributed by atoms with Gasteiger partial charge in [0.05, 0.1) is 12.0 Å². The van der Waals surface area contributed by atoms with Gasteiger partial charge in [0.25, 0.3) is 0 Å². The summed E-state index contributed by atoms with van der Waals surface area (Å²) in [6, 6.07) is 0. The second-order valence-electron chi connectivity index (χ2n) is 2.26. The molecule has 0 aromatic carbocycles. The van der Waals surface area contributed by atoms with Crippen LogP contribution >= 0.6 is 11.6 Å². The fraction of sp³-hybridized carbons (Fsp3) is 0.429. The molecule has 0 saturated heterocycles. The molecule has 0 aliphatic rings. The molecule has 0 aliphatic carbocycles. The number of rotatable bonds is 3. The summed E-state index contributed by atoms with van der Waals surface area (Å²) in [4.78, 5) is 7.85. The Morgan fingerprint density at radius 3 is 2.58 bits per heavy atom. The van der Waals surface area contributed by atoms with E-state index in [1.54, 1.807) is 19.4 Å². The summed E-state index contributed by atoms with van der Waals surface area (Å²) in [5.74, 6) is 0.683. The summed E-state index contributed by atoms with van der Waals surface area (Å²) in [6.07, 6.45) is 2.41. The average Bonchev–Trinajstić information content (AvgIpc) is 2.17. The maximum absolute atomic E-state index is 9.26. The van der Waals surface area contributed by atoms with Gasteiger partial charge >= 0.3 is 0 Å². The highest BCUT2D eigenvalue weighted by molar-refractivity contribution is 6.18. The summed E-state index contributed by atoms with van der Waals surface area (Å²) in [6.45, 7) is 0. The van der Waals surface area contributed by atoms with Gasteiger partial charge in [-0.3, -0.25) is 0 Å². The third-order valence-electron chi connectivity index (χ3n) is 1.43. The molecule has 0 radical (unpaired) electrons. The second-order valence-corrected chi connectivity index (χ2v) is 2.57. The normalized spacial score (nSPS) is 12.6. The number of hydrogen-bond acceptors (Lipinski definition) is 4. The molecule has 0 bridgehead atoms. The molecule has 0 spiro atoms. The van der Waals surface area contributed by atoms with E-state index in [-0.39, 0.29) is 5.88 Å². The number of hydrogen-bond donors (Lipinski definition) is 2. The number of nitrogens with one attached hydrogen (secondary N) is 1. The van der Waals surface area contributed by atoms with Crippen LogP contribution in [-0.4, -0.2) is 28.0 Å². The maximum atomic E-state index is 9.26. The van der Waals surface area contributed by atoms with Crippen LogP contribution in [-0.2, 0) is 0 Å². The van der Waals surface area contributed by atoms with E-state index in [9.17, 15) is 5.11 Å². The number of aliphatic hydroxyl groups excluding tert-OH is 1. The standard InChI is InChI=1S/C7H10ClN3O/c1-9-7-10-3-5(4-11-7)6(12)2-8/h3-4,6,12H,2H2,1H3,(H,9,10,11). The van der Waals surface area contributed by atoms with Gasteiger partial charge < -0.3 is 10.4 Å². The molecule has 5 heteroatoms. The SMILES string of the molecule is CNc1ncc(C(O)CCl)cn1. The number of anilines is 1. The molecule has 0 amide bonds. The lowest BCUT2D eigenvalue weighted by Gasteiger charge is -2.05. The number of aliphatic hydroxyl groups is 1. The first-order valence-electron chi connectivity index (χ1n) is 3.51. The monoisotopic (exact) mass is 187 g/mol. The predicted octanol–water partition coefficient (Wildman–Crippen LogP) is 0.790. The Labute approximate surface area is 75.6 Å². The molecule has 1 unspecified atom stereocenters. The molecule has 66 valence electrons. The molecule has 2 N–H and O–H groups in total. The van der Waals surface area contributed by atoms with Crippen LogP contribution in [0.5, 0.6) is 0 Å². The van der Waals surface area contributed by atoms with Crippen molar-refractivity contribution in [3.63, 3.8) is 0 Å². The third kappa shape index (κ3) is 2.06. The highest BCUT2D eigenvalue weighted by atomic mass is 35.5. The van der Waals surface area contributed by atoms with Crippen molar-refractivity contribution in [1.29, 1.82) is 0 Å². The quantitative estimate of drug-likeness (QED) is 0.687. The highest BCUT2D eigenvalue weighted by Gasteiger charge is 2.05. The van der Waals surface area contributed by atoms with Crippen molar-refractivity contribution in [2.75, 3.05) is 18.2 Å². The predicted molar refractivity (Wildman–Crippen MR) is 47.3 cm³/mol. The van der Waals surface area contributed by atoms with Crippen molar-refractivity contribution in [3.8, 4) is 0 Å². The van der Waals surface area contributed by atoms with E-state index in [0.29, 0.717) is 11.5 Å². The zero-order chi connectivity index (χ0) is 8.97. The van der Waals surface area contributed by atoms with Crippen LogP contribution in [0.4, 0.5) is 5.95 Å². The zero-order valence-electron chi connectivity index (χ0n) is 6.66. The van der Waals surface area contributed by atoms with Gasteiger partial charge in [0.2, 0.25) is 5.95 Å². The molecule has 1 atom stereocenters. The molecular weight excluding hydrogens is 178 g/mol. The van der Waals surface area contributed by atoms with E-state index >= 15 is 0 Å². The van der Waals surface area contributed by atoms with Gasteiger partial charge in [-0.1, -0.05) is 0 Å². The van der Waals surface area contributed by atoms with Crippen LogP contribution < -0.4 is 5.32 Å². The summed E-state index contributed by atoms with van der Waals surface area (Å²) in [5.41, 5.74) is 0.629. The lowest BCUT2D eigenvalue weighted by molar-refractivity contribution is 0.202. The summed E-state index contributed by atoms with van der Waals surface area (Å²) >= 11 is 5.44. The lowest BCUT2D eigenvalue weighted by Crippen LogP contribution is -2.02. The number of aromatic nitrogens is 2. The molecule has 1 aromatic rings. The molecule has 12 heavy (non-hydrogen) atoms. The van der Waals surface area contributed by atoms with E-state index in [1.165, 1.54) is 0 Å². The van der Waals surface area contributed by atoms with E-state index in [0.717, 1.165) is 0 Å². The Kier molecular flexibility index (Phi) is 3.25.